The summed E-state index contributed by atoms with van der Waals surface area (Å²) in [5.41, 5.74) is 5.22. The Morgan fingerprint density at radius 2 is 1.76 bits per heavy atom. The number of benzene rings is 1. The van der Waals surface area contributed by atoms with Gasteiger partial charge < -0.3 is 9.47 Å². The molecule has 1 aromatic carbocycles. The second kappa shape index (κ2) is 5.73. The zero-order valence-corrected chi connectivity index (χ0v) is 14.6. The van der Waals surface area contributed by atoms with E-state index in [9.17, 15) is 0 Å². The molecule has 0 amide bonds. The van der Waals surface area contributed by atoms with Gasteiger partial charge >= 0.3 is 0 Å². The first kappa shape index (κ1) is 15.4. The van der Waals surface area contributed by atoms with Gasteiger partial charge in [-0.15, -0.1) is 0 Å². The maximum Gasteiger partial charge on any atom is 0.164 e. The summed E-state index contributed by atoms with van der Waals surface area (Å²) >= 11 is 0. The number of ether oxygens (including phenoxy) is 2. The van der Waals surface area contributed by atoms with E-state index in [1.54, 1.807) is 20.4 Å². The summed E-state index contributed by atoms with van der Waals surface area (Å²) in [5, 5.41) is 0. The van der Waals surface area contributed by atoms with Crippen LogP contribution >= 0.6 is 0 Å². The Kier molecular flexibility index (Phi) is 3.53. The number of imidazole rings is 1. The second-order valence-electron chi connectivity index (χ2n) is 5.81. The third-order valence-electron chi connectivity index (χ3n) is 4.29. The van der Waals surface area contributed by atoms with Crippen LogP contribution in [0, 0.1) is 13.8 Å². The van der Waals surface area contributed by atoms with Gasteiger partial charge in [0.05, 0.1) is 36.6 Å². The molecule has 3 heterocycles. The zero-order valence-electron chi connectivity index (χ0n) is 14.6. The Morgan fingerprint density at radius 1 is 0.960 bits per heavy atom. The number of hydrogen-bond acceptors (Lipinski definition) is 5. The molecule has 0 aliphatic heterocycles. The van der Waals surface area contributed by atoms with E-state index in [1.807, 2.05) is 44.2 Å². The molecule has 3 aromatic heterocycles. The van der Waals surface area contributed by atoms with Gasteiger partial charge in [0.2, 0.25) is 0 Å². The molecule has 6 heteroatoms. The van der Waals surface area contributed by atoms with Gasteiger partial charge in [-0.2, -0.15) is 0 Å². The summed E-state index contributed by atoms with van der Waals surface area (Å²) in [4.78, 5) is 14.0. The second-order valence-corrected chi connectivity index (χ2v) is 5.81. The number of methoxy groups -OCH3 is 2. The normalized spacial score (nSPS) is 11.2. The summed E-state index contributed by atoms with van der Waals surface area (Å²) in [6.07, 6.45) is 1.77. The van der Waals surface area contributed by atoms with Crippen LogP contribution in [0.4, 0.5) is 0 Å². The summed E-state index contributed by atoms with van der Waals surface area (Å²) in [7, 11) is 3.27. The Balaban J connectivity index is 2.22. The molecular formula is C19H18N4O2. The smallest absolute Gasteiger partial charge is 0.164 e. The SMILES string of the molecule is COc1cc(OC)c2nc(C)c3c(C)nc(-c4ccccn4)n3c2c1. The lowest BCUT2D eigenvalue weighted by Gasteiger charge is -2.12. The van der Waals surface area contributed by atoms with E-state index in [-0.39, 0.29) is 0 Å². The first-order valence-electron chi connectivity index (χ1n) is 7.97. The highest BCUT2D eigenvalue weighted by Crippen LogP contribution is 2.34. The fraction of sp³-hybridized carbons (Fsp3) is 0.211. The Morgan fingerprint density at radius 3 is 2.44 bits per heavy atom. The molecule has 0 N–H and O–H groups in total. The summed E-state index contributed by atoms with van der Waals surface area (Å²) < 4.78 is 13.1. The van der Waals surface area contributed by atoms with Gasteiger partial charge in [-0.3, -0.25) is 9.38 Å². The average Bonchev–Trinajstić information content (AvgIpc) is 3.00. The van der Waals surface area contributed by atoms with Gasteiger partial charge in [-0.25, -0.2) is 9.97 Å². The lowest BCUT2D eigenvalue weighted by Crippen LogP contribution is -2.00. The number of aryl methyl sites for hydroxylation is 2. The lowest BCUT2D eigenvalue weighted by atomic mass is 10.2. The molecule has 6 nitrogen and oxygen atoms in total. The van der Waals surface area contributed by atoms with E-state index in [1.165, 1.54) is 0 Å². The molecule has 0 spiro atoms. The zero-order chi connectivity index (χ0) is 17.6. The first-order chi connectivity index (χ1) is 12.1. The highest BCUT2D eigenvalue weighted by Gasteiger charge is 2.19. The molecule has 0 atom stereocenters. The highest BCUT2D eigenvalue weighted by molar-refractivity contribution is 5.88. The number of pyridine rings is 1. The topological polar surface area (TPSA) is 61.5 Å². The van der Waals surface area contributed by atoms with Crippen LogP contribution in [0.2, 0.25) is 0 Å². The van der Waals surface area contributed by atoms with E-state index in [0.717, 1.165) is 39.5 Å². The molecule has 4 rings (SSSR count). The molecule has 4 aromatic rings. The maximum atomic E-state index is 5.53. The number of hydrogen-bond donors (Lipinski definition) is 0. The van der Waals surface area contributed by atoms with Crippen molar-refractivity contribution < 1.29 is 9.47 Å². The molecule has 0 aliphatic rings. The van der Waals surface area contributed by atoms with Crippen LogP contribution in [0.25, 0.3) is 28.1 Å². The third kappa shape index (κ3) is 2.29. The van der Waals surface area contributed by atoms with Gasteiger partial charge in [0.1, 0.15) is 22.7 Å². The van der Waals surface area contributed by atoms with E-state index < -0.39 is 0 Å². The Labute approximate surface area is 145 Å². The van der Waals surface area contributed by atoms with Gasteiger partial charge in [0, 0.05) is 18.3 Å². The number of aromatic nitrogens is 4. The number of fused-ring (bicyclic) bond motifs is 3. The van der Waals surface area contributed by atoms with Crippen molar-refractivity contribution in [3.63, 3.8) is 0 Å². The molecule has 0 fully saturated rings. The molecule has 0 saturated heterocycles. The van der Waals surface area contributed by atoms with Crippen LogP contribution in [-0.4, -0.2) is 33.6 Å². The molecule has 0 unspecified atom stereocenters. The maximum absolute atomic E-state index is 5.53. The fourth-order valence-corrected chi connectivity index (χ4v) is 3.20. The predicted molar refractivity (Wildman–Crippen MR) is 96.3 cm³/mol. The number of rotatable bonds is 3. The van der Waals surface area contributed by atoms with E-state index in [0.29, 0.717) is 11.5 Å². The largest absolute Gasteiger partial charge is 0.497 e. The molecule has 126 valence electrons. The van der Waals surface area contributed by atoms with Gasteiger partial charge in [-0.05, 0) is 26.0 Å². The van der Waals surface area contributed by atoms with E-state index in [4.69, 9.17) is 19.4 Å². The van der Waals surface area contributed by atoms with Crippen LogP contribution in [-0.2, 0) is 0 Å². The van der Waals surface area contributed by atoms with Crippen LogP contribution < -0.4 is 9.47 Å². The summed E-state index contributed by atoms with van der Waals surface area (Å²) in [5.74, 6) is 2.14. The third-order valence-corrected chi connectivity index (χ3v) is 4.29. The van der Waals surface area contributed by atoms with Crippen LogP contribution in [0.5, 0.6) is 11.5 Å². The molecule has 0 radical (unpaired) electrons. The van der Waals surface area contributed by atoms with Crippen molar-refractivity contribution in [2.45, 2.75) is 13.8 Å². The van der Waals surface area contributed by atoms with Crippen LogP contribution in [0.3, 0.4) is 0 Å². The fourth-order valence-electron chi connectivity index (χ4n) is 3.20. The summed E-state index contributed by atoms with van der Waals surface area (Å²) in [6, 6.07) is 9.59. The molecule has 0 bridgehead atoms. The molecule has 0 aliphatic carbocycles. The summed E-state index contributed by atoms with van der Waals surface area (Å²) in [6.45, 7) is 3.97. The van der Waals surface area contributed by atoms with Crippen molar-refractivity contribution >= 4 is 16.6 Å². The first-order valence-corrected chi connectivity index (χ1v) is 7.97. The van der Waals surface area contributed by atoms with Gasteiger partial charge in [0.15, 0.2) is 5.82 Å². The van der Waals surface area contributed by atoms with Crippen molar-refractivity contribution in [3.05, 3.63) is 47.9 Å². The standard InChI is InChI=1S/C19H18N4O2/c1-11-18-12(2)22-19(14-7-5-6-8-20-14)23(18)15-9-13(24-3)10-16(25-4)17(15)21-11/h5-10H,1-4H3. The van der Waals surface area contributed by atoms with Crippen LogP contribution in [0.1, 0.15) is 11.4 Å². The Hall–Kier alpha value is -3.15. The minimum Gasteiger partial charge on any atom is -0.497 e. The quantitative estimate of drug-likeness (QED) is 0.573. The monoisotopic (exact) mass is 334 g/mol. The van der Waals surface area contributed by atoms with Gasteiger partial charge in [-0.1, -0.05) is 6.07 Å². The minimum absolute atomic E-state index is 0.665. The molecule has 25 heavy (non-hydrogen) atoms. The van der Waals surface area contributed by atoms with Crippen molar-refractivity contribution in [1.82, 2.24) is 19.4 Å². The van der Waals surface area contributed by atoms with Crippen molar-refractivity contribution in [2.24, 2.45) is 0 Å². The molecular weight excluding hydrogens is 316 g/mol. The van der Waals surface area contributed by atoms with E-state index >= 15 is 0 Å². The van der Waals surface area contributed by atoms with Crippen LogP contribution in [0.15, 0.2) is 36.5 Å². The van der Waals surface area contributed by atoms with Crippen molar-refractivity contribution in [3.8, 4) is 23.0 Å². The van der Waals surface area contributed by atoms with Gasteiger partial charge in [0.25, 0.3) is 0 Å². The number of nitrogens with zero attached hydrogens (tertiary/aromatic N) is 4. The lowest BCUT2D eigenvalue weighted by molar-refractivity contribution is 0.397. The van der Waals surface area contributed by atoms with Crippen molar-refractivity contribution in [1.29, 1.82) is 0 Å². The van der Waals surface area contributed by atoms with Crippen molar-refractivity contribution in [2.75, 3.05) is 14.2 Å². The molecule has 0 saturated carbocycles. The highest BCUT2D eigenvalue weighted by atomic mass is 16.5. The average molecular weight is 334 g/mol. The van der Waals surface area contributed by atoms with E-state index in [2.05, 4.69) is 9.38 Å². The Bertz CT molecular complexity index is 1090. The predicted octanol–water partition coefficient (Wildman–Crippen LogP) is 3.58. The minimum atomic E-state index is 0.665.